The number of halogens is 1. The van der Waals surface area contributed by atoms with Crippen LogP contribution >= 0.6 is 10.2 Å². The van der Waals surface area contributed by atoms with Crippen molar-refractivity contribution in [1.29, 1.82) is 0 Å². The van der Waals surface area contributed by atoms with Crippen LogP contribution in [0, 0.1) is 0 Å². The van der Waals surface area contributed by atoms with Crippen LogP contribution in [0.2, 0.25) is 11.3 Å². The van der Waals surface area contributed by atoms with E-state index in [1.807, 2.05) is 12.0 Å². The molecule has 0 bridgehead atoms. The molecule has 0 aliphatic carbocycles. The van der Waals surface area contributed by atoms with Crippen LogP contribution in [-0.4, -0.2) is 0 Å². The molecule has 0 aliphatic heterocycles. The molecule has 0 N–H and O–H groups in total. The fraction of sp³-hybridized carbons (Fsp3) is 0.500. The van der Waals surface area contributed by atoms with Gasteiger partial charge in [-0.1, -0.05) is 0 Å². The Kier molecular flexibility index (Phi) is 4.03. The third-order valence-electron chi connectivity index (χ3n) is 0.269. The number of allylic oxidation sites excluding steroid dienone is 1. The first kappa shape index (κ1) is 6.52. The number of rotatable bonds is 2. The SMILES string of the molecule is C=C[CH2][Ni]([CH3])[Cl]. The molecule has 41 valence electrons. The van der Waals surface area contributed by atoms with Crippen molar-refractivity contribution < 1.29 is 12.5 Å². The van der Waals surface area contributed by atoms with Crippen molar-refractivity contribution >= 4 is 10.2 Å². The van der Waals surface area contributed by atoms with Gasteiger partial charge in [0.15, 0.2) is 0 Å². The van der Waals surface area contributed by atoms with Gasteiger partial charge in [0.1, 0.15) is 0 Å². The second-order valence-electron chi connectivity index (χ2n) is 0.845. The Bertz CT molecular complexity index is 42.8. The maximum atomic E-state index is 5.55. The monoisotopic (exact) mass is 149 g/mol. The van der Waals surface area contributed by atoms with E-state index in [0.29, 0.717) is 0 Å². The molecule has 0 saturated heterocycles. The first-order chi connectivity index (χ1) is 2.77. The van der Waals surface area contributed by atoms with E-state index in [1.54, 1.807) is 0 Å². The second-order valence-corrected chi connectivity index (χ2v) is 4.27. The Labute approximate surface area is 47.1 Å². The van der Waals surface area contributed by atoms with Gasteiger partial charge in [-0.15, -0.1) is 0 Å². The van der Waals surface area contributed by atoms with Crippen molar-refractivity contribution in [2.24, 2.45) is 0 Å². The summed E-state index contributed by atoms with van der Waals surface area (Å²) in [5, 5.41) is 0.946. The van der Waals surface area contributed by atoms with E-state index in [0.717, 1.165) is 5.39 Å². The van der Waals surface area contributed by atoms with Crippen LogP contribution in [-0.2, 0) is 12.5 Å². The van der Waals surface area contributed by atoms with Gasteiger partial charge in [-0.3, -0.25) is 0 Å². The molecule has 0 saturated carbocycles. The minimum atomic E-state index is -0.0683. The predicted molar refractivity (Wildman–Crippen MR) is 26.7 cm³/mol. The van der Waals surface area contributed by atoms with Crippen LogP contribution in [0.25, 0.3) is 0 Å². The number of hydrogen-bond acceptors (Lipinski definition) is 0. The van der Waals surface area contributed by atoms with Gasteiger partial charge in [0, 0.05) is 0 Å². The summed E-state index contributed by atoms with van der Waals surface area (Å²) in [6.07, 6.45) is 1.84. The molecule has 0 fully saturated rings. The zero-order chi connectivity index (χ0) is 4.99. The molecule has 0 aromatic carbocycles. The third kappa shape index (κ3) is 4.52. The van der Waals surface area contributed by atoms with Crippen molar-refractivity contribution in [3.63, 3.8) is 0 Å². The third-order valence-corrected chi connectivity index (χ3v) is 1.51. The molecular weight excluding hydrogens is 142 g/mol. The predicted octanol–water partition coefficient (Wildman–Crippen LogP) is 2.41. The Balaban J connectivity index is 2.81. The van der Waals surface area contributed by atoms with Gasteiger partial charge in [-0.05, 0) is 0 Å². The van der Waals surface area contributed by atoms with E-state index in [-0.39, 0.29) is 12.5 Å². The summed E-state index contributed by atoms with van der Waals surface area (Å²) in [6, 6.07) is 0. The molecule has 0 aliphatic rings. The van der Waals surface area contributed by atoms with Crippen molar-refractivity contribution in [1.82, 2.24) is 0 Å². The van der Waals surface area contributed by atoms with Gasteiger partial charge in [0.2, 0.25) is 0 Å². The molecular formula is C4H8ClNi. The number of hydrogen-bond donors (Lipinski definition) is 0. The van der Waals surface area contributed by atoms with Crippen molar-refractivity contribution in [2.75, 3.05) is 0 Å². The van der Waals surface area contributed by atoms with Crippen LogP contribution in [0.15, 0.2) is 12.7 Å². The summed E-state index contributed by atoms with van der Waals surface area (Å²) in [7, 11) is 5.55. The molecule has 0 atom stereocenters. The summed E-state index contributed by atoms with van der Waals surface area (Å²) < 4.78 is 0. The molecule has 0 spiro atoms. The fourth-order valence-corrected chi connectivity index (χ4v) is 0.803. The van der Waals surface area contributed by atoms with E-state index in [2.05, 4.69) is 6.58 Å². The van der Waals surface area contributed by atoms with Gasteiger partial charge < -0.3 is 0 Å². The van der Waals surface area contributed by atoms with Gasteiger partial charge in [-0.2, -0.15) is 0 Å². The van der Waals surface area contributed by atoms with Gasteiger partial charge in [0.05, 0.1) is 0 Å². The zero-order valence-electron chi connectivity index (χ0n) is 3.69. The molecule has 2 heteroatoms. The summed E-state index contributed by atoms with van der Waals surface area (Å²) in [5.41, 5.74) is 0. The zero-order valence-corrected chi connectivity index (χ0v) is 5.43. The summed E-state index contributed by atoms with van der Waals surface area (Å²) in [5.74, 6) is 1.99. The van der Waals surface area contributed by atoms with Gasteiger partial charge in [-0.25, -0.2) is 0 Å². The van der Waals surface area contributed by atoms with E-state index in [4.69, 9.17) is 10.2 Å². The topological polar surface area (TPSA) is 0 Å². The Morgan fingerprint density at radius 3 is 2.50 bits per heavy atom. The Hall–Kier alpha value is 0.524. The fourth-order valence-electron chi connectivity index (χ4n) is 0.126. The van der Waals surface area contributed by atoms with E-state index in [9.17, 15) is 0 Å². The van der Waals surface area contributed by atoms with Crippen LogP contribution in [0.1, 0.15) is 0 Å². The Morgan fingerprint density at radius 1 is 2.00 bits per heavy atom. The normalized spacial score (nSPS) is 10.7. The summed E-state index contributed by atoms with van der Waals surface area (Å²) in [4.78, 5) is 0. The van der Waals surface area contributed by atoms with E-state index < -0.39 is 0 Å². The van der Waals surface area contributed by atoms with Crippen molar-refractivity contribution in [2.45, 2.75) is 11.3 Å². The standard InChI is InChI=1S/C3H5.CH3.ClH.Ni/c1-3-2;;;/h3H,1-2H2;1H3;1H;/q;;;+1/p-1. The van der Waals surface area contributed by atoms with Crippen molar-refractivity contribution in [3.05, 3.63) is 12.7 Å². The molecule has 0 radical (unpaired) electrons. The molecule has 6 heavy (non-hydrogen) atoms. The average Bonchev–Trinajstić information content (AvgIpc) is 1.35. The van der Waals surface area contributed by atoms with Gasteiger partial charge in [0.25, 0.3) is 0 Å². The second kappa shape index (κ2) is 3.70. The summed E-state index contributed by atoms with van der Waals surface area (Å²) >= 11 is -0.0683. The minimum absolute atomic E-state index is 0.0683. The molecule has 0 nitrogen and oxygen atoms in total. The molecule has 0 amide bonds. The van der Waals surface area contributed by atoms with Crippen molar-refractivity contribution in [3.8, 4) is 0 Å². The molecule has 0 aromatic rings. The quantitative estimate of drug-likeness (QED) is 0.419. The van der Waals surface area contributed by atoms with Gasteiger partial charge >= 0.3 is 46.7 Å². The maximum absolute atomic E-state index is 5.55. The van der Waals surface area contributed by atoms with Crippen LogP contribution in [0.4, 0.5) is 0 Å². The molecule has 0 rings (SSSR count). The molecule has 0 aromatic heterocycles. The first-order valence-electron chi connectivity index (χ1n) is 1.48. The van der Waals surface area contributed by atoms with Crippen LogP contribution < -0.4 is 0 Å². The summed E-state index contributed by atoms with van der Waals surface area (Å²) in [6.45, 7) is 3.53. The average molecular weight is 150 g/mol. The molecule has 0 unspecified atom stereocenters. The van der Waals surface area contributed by atoms with E-state index in [1.165, 1.54) is 0 Å². The first-order valence-corrected chi connectivity index (χ1v) is 4.52. The van der Waals surface area contributed by atoms with Crippen LogP contribution in [0.5, 0.6) is 0 Å². The Morgan fingerprint density at radius 2 is 2.50 bits per heavy atom. The van der Waals surface area contributed by atoms with Crippen LogP contribution in [0.3, 0.4) is 0 Å². The van der Waals surface area contributed by atoms with E-state index >= 15 is 0 Å². The molecule has 0 heterocycles.